The predicted octanol–water partition coefficient (Wildman–Crippen LogP) is 2.42. The van der Waals surface area contributed by atoms with Crippen LogP contribution in [0.5, 0.6) is 11.5 Å². The molecule has 1 heterocycles. The fourth-order valence-electron chi connectivity index (χ4n) is 2.28. The van der Waals surface area contributed by atoms with Crippen molar-refractivity contribution in [2.75, 3.05) is 20.8 Å². The molecule has 0 radical (unpaired) electrons. The van der Waals surface area contributed by atoms with E-state index < -0.39 is 0 Å². The summed E-state index contributed by atoms with van der Waals surface area (Å²) in [5.74, 6) is 1.42. The Kier molecular flexibility index (Phi) is 5.03. The van der Waals surface area contributed by atoms with Gasteiger partial charge in [0, 0.05) is 12.1 Å². The van der Waals surface area contributed by atoms with E-state index in [1.165, 1.54) is 0 Å². The molecule has 1 fully saturated rings. The molecule has 0 aromatic heterocycles. The van der Waals surface area contributed by atoms with Crippen molar-refractivity contribution < 1.29 is 14.3 Å². The van der Waals surface area contributed by atoms with Gasteiger partial charge in [0.25, 0.3) is 5.91 Å². The Labute approximate surface area is 135 Å². The minimum Gasteiger partial charge on any atom is -0.493 e. The van der Waals surface area contributed by atoms with Gasteiger partial charge in [-0.3, -0.25) is 9.69 Å². The minimum absolute atomic E-state index is 0.122. The van der Waals surface area contributed by atoms with Crippen LogP contribution in [0, 0.1) is 5.92 Å². The molecule has 1 aromatic rings. The lowest BCUT2D eigenvalue weighted by Crippen LogP contribution is -2.33. The van der Waals surface area contributed by atoms with Crippen LogP contribution in [0.2, 0.25) is 0 Å². The summed E-state index contributed by atoms with van der Waals surface area (Å²) in [7, 11) is 3.15. The number of nitrogens with one attached hydrogen (secondary N) is 1. The molecule has 1 aromatic carbocycles. The molecule has 5 nitrogen and oxygen atoms in total. The number of amides is 1. The highest BCUT2D eigenvalue weighted by Gasteiger charge is 2.31. The van der Waals surface area contributed by atoms with Gasteiger partial charge < -0.3 is 14.8 Å². The number of hydrogen-bond donors (Lipinski definition) is 1. The van der Waals surface area contributed by atoms with Gasteiger partial charge in [-0.05, 0) is 30.3 Å². The van der Waals surface area contributed by atoms with E-state index in [-0.39, 0.29) is 5.91 Å². The number of para-hydroxylation sites is 1. The Bertz CT molecular complexity index is 626. The predicted molar refractivity (Wildman–Crippen MR) is 89.8 cm³/mol. The Balaban J connectivity index is 2.35. The molecule has 0 spiro atoms. The van der Waals surface area contributed by atoms with Gasteiger partial charge >= 0.3 is 0 Å². The van der Waals surface area contributed by atoms with Crippen LogP contribution in [0.4, 0.5) is 0 Å². The van der Waals surface area contributed by atoms with Crippen molar-refractivity contribution in [3.63, 3.8) is 0 Å². The molecule has 118 valence electrons. The molecule has 1 aliphatic rings. The molecular weight excluding hydrogens is 300 g/mol. The van der Waals surface area contributed by atoms with Crippen LogP contribution in [0.15, 0.2) is 23.9 Å². The Morgan fingerprint density at radius 2 is 2.05 bits per heavy atom. The van der Waals surface area contributed by atoms with Crippen LogP contribution in [0.25, 0.3) is 6.08 Å². The fraction of sp³-hybridized carbons (Fsp3) is 0.375. The van der Waals surface area contributed by atoms with Crippen molar-refractivity contribution in [2.24, 2.45) is 5.92 Å². The first-order valence-corrected chi connectivity index (χ1v) is 7.44. The number of carbonyl (C=O) groups excluding carboxylic acids is 1. The summed E-state index contributed by atoms with van der Waals surface area (Å²) in [4.78, 5) is 14.0. The zero-order valence-corrected chi connectivity index (χ0v) is 14.0. The van der Waals surface area contributed by atoms with Gasteiger partial charge in [-0.2, -0.15) is 0 Å². The van der Waals surface area contributed by atoms with E-state index in [9.17, 15) is 4.79 Å². The molecule has 22 heavy (non-hydrogen) atoms. The molecule has 1 amide bonds. The quantitative estimate of drug-likeness (QED) is 0.667. The lowest BCUT2D eigenvalue weighted by molar-refractivity contribution is -0.122. The van der Waals surface area contributed by atoms with Gasteiger partial charge in [0.2, 0.25) is 0 Å². The van der Waals surface area contributed by atoms with Gasteiger partial charge in [-0.25, -0.2) is 0 Å². The Morgan fingerprint density at radius 3 is 2.64 bits per heavy atom. The van der Waals surface area contributed by atoms with Crippen molar-refractivity contribution in [3.05, 3.63) is 29.5 Å². The van der Waals surface area contributed by atoms with E-state index >= 15 is 0 Å². The average Bonchev–Trinajstić information content (AvgIpc) is 2.74. The molecule has 0 saturated carbocycles. The summed E-state index contributed by atoms with van der Waals surface area (Å²) in [6, 6.07) is 5.51. The van der Waals surface area contributed by atoms with Gasteiger partial charge in [-0.1, -0.05) is 26.0 Å². The summed E-state index contributed by atoms with van der Waals surface area (Å²) in [5.41, 5.74) is 1.20. The van der Waals surface area contributed by atoms with Gasteiger partial charge in [0.05, 0.1) is 14.2 Å². The SMILES string of the molecule is COc1cccc(/C=C2/NC(=S)N(CC(C)C)C2=O)c1OC. The van der Waals surface area contributed by atoms with Gasteiger partial charge in [0.15, 0.2) is 16.6 Å². The number of carbonyl (C=O) groups is 1. The normalized spacial score (nSPS) is 16.4. The van der Waals surface area contributed by atoms with Crippen molar-refractivity contribution in [1.29, 1.82) is 0 Å². The smallest absolute Gasteiger partial charge is 0.276 e. The van der Waals surface area contributed by atoms with E-state index in [1.807, 2.05) is 26.0 Å². The number of methoxy groups -OCH3 is 2. The van der Waals surface area contributed by atoms with Gasteiger partial charge in [0.1, 0.15) is 5.70 Å². The third-order valence-electron chi connectivity index (χ3n) is 3.24. The molecule has 0 aliphatic carbocycles. The zero-order valence-electron chi connectivity index (χ0n) is 13.2. The van der Waals surface area contributed by atoms with Crippen molar-refractivity contribution in [2.45, 2.75) is 13.8 Å². The molecule has 0 bridgehead atoms. The van der Waals surface area contributed by atoms with Gasteiger partial charge in [-0.15, -0.1) is 0 Å². The molecule has 0 atom stereocenters. The standard InChI is InChI=1S/C16H20N2O3S/c1-10(2)9-18-15(19)12(17-16(18)22)8-11-6-5-7-13(20-3)14(11)21-4/h5-8,10H,9H2,1-4H3,(H,17,22)/b12-8+. The molecule has 1 N–H and O–H groups in total. The van der Waals surface area contributed by atoms with E-state index in [2.05, 4.69) is 5.32 Å². The van der Waals surface area contributed by atoms with E-state index in [0.29, 0.717) is 34.8 Å². The number of thiocarbonyl (C=S) groups is 1. The van der Waals surface area contributed by atoms with Crippen molar-refractivity contribution in [1.82, 2.24) is 10.2 Å². The van der Waals surface area contributed by atoms with E-state index in [1.54, 1.807) is 31.3 Å². The maximum Gasteiger partial charge on any atom is 0.276 e. The minimum atomic E-state index is -0.122. The first-order valence-electron chi connectivity index (χ1n) is 7.03. The number of benzene rings is 1. The van der Waals surface area contributed by atoms with Crippen molar-refractivity contribution >= 4 is 29.3 Å². The van der Waals surface area contributed by atoms with Crippen molar-refractivity contribution in [3.8, 4) is 11.5 Å². The summed E-state index contributed by atoms with van der Waals surface area (Å²) in [6.07, 6.45) is 1.73. The van der Waals surface area contributed by atoms with E-state index in [0.717, 1.165) is 5.56 Å². The second-order valence-corrected chi connectivity index (χ2v) is 5.77. The van der Waals surface area contributed by atoms with Crippen LogP contribution >= 0.6 is 12.2 Å². The number of ether oxygens (including phenoxy) is 2. The fourth-order valence-corrected chi connectivity index (χ4v) is 2.55. The van der Waals surface area contributed by atoms with Crippen LogP contribution in [0.1, 0.15) is 19.4 Å². The van der Waals surface area contributed by atoms with Crippen LogP contribution in [0.3, 0.4) is 0 Å². The highest BCUT2D eigenvalue weighted by molar-refractivity contribution is 7.80. The van der Waals surface area contributed by atoms with Crippen LogP contribution in [-0.4, -0.2) is 36.7 Å². The summed E-state index contributed by atoms with van der Waals surface area (Å²) in [5, 5.41) is 3.41. The van der Waals surface area contributed by atoms with Crippen LogP contribution in [-0.2, 0) is 4.79 Å². The first-order chi connectivity index (χ1) is 10.5. The zero-order chi connectivity index (χ0) is 16.3. The molecule has 6 heteroatoms. The Hall–Kier alpha value is -2.08. The maximum atomic E-state index is 12.4. The second-order valence-electron chi connectivity index (χ2n) is 5.38. The number of nitrogens with zero attached hydrogens (tertiary/aromatic N) is 1. The molecule has 1 aliphatic heterocycles. The number of hydrogen-bond acceptors (Lipinski definition) is 4. The molecule has 1 saturated heterocycles. The monoisotopic (exact) mass is 320 g/mol. The highest BCUT2D eigenvalue weighted by atomic mass is 32.1. The number of rotatable bonds is 5. The largest absolute Gasteiger partial charge is 0.493 e. The van der Waals surface area contributed by atoms with E-state index in [4.69, 9.17) is 21.7 Å². The maximum absolute atomic E-state index is 12.4. The lowest BCUT2D eigenvalue weighted by Gasteiger charge is -2.16. The Morgan fingerprint density at radius 1 is 1.32 bits per heavy atom. The third kappa shape index (κ3) is 3.22. The second kappa shape index (κ2) is 6.79. The first kappa shape index (κ1) is 16.3. The average molecular weight is 320 g/mol. The molecule has 2 rings (SSSR count). The molecule has 0 unspecified atom stereocenters. The lowest BCUT2D eigenvalue weighted by atomic mass is 10.1. The third-order valence-corrected chi connectivity index (χ3v) is 3.57. The summed E-state index contributed by atoms with van der Waals surface area (Å²) < 4.78 is 10.6. The highest BCUT2D eigenvalue weighted by Crippen LogP contribution is 2.32. The topological polar surface area (TPSA) is 50.8 Å². The van der Waals surface area contributed by atoms with Crippen LogP contribution < -0.4 is 14.8 Å². The summed E-state index contributed by atoms with van der Waals surface area (Å²) >= 11 is 5.24. The molecular formula is C16H20N2O3S. The summed E-state index contributed by atoms with van der Waals surface area (Å²) in [6.45, 7) is 4.68.